The maximum atomic E-state index is 12.9. The first-order chi connectivity index (χ1) is 11.5. The summed E-state index contributed by atoms with van der Waals surface area (Å²) in [6, 6.07) is 9.74. The Kier molecular flexibility index (Phi) is 6.89. The van der Waals surface area contributed by atoms with Crippen LogP contribution in [0.2, 0.25) is 0 Å². The normalized spacial score (nSPS) is 22.9. The van der Waals surface area contributed by atoms with Gasteiger partial charge >= 0.3 is 0 Å². The number of benzene rings is 1. The molecule has 0 saturated carbocycles. The number of rotatable bonds is 3. The molecule has 2 N–H and O–H groups in total. The van der Waals surface area contributed by atoms with E-state index in [-0.39, 0.29) is 18.3 Å². The van der Waals surface area contributed by atoms with E-state index in [1.165, 1.54) is 25.9 Å². The van der Waals surface area contributed by atoms with Crippen LogP contribution < -0.4 is 5.73 Å². The average molecular weight is 366 g/mol. The Hall–Kier alpha value is -1.10. The Labute approximate surface area is 158 Å². The van der Waals surface area contributed by atoms with E-state index >= 15 is 0 Å². The molecule has 2 aliphatic heterocycles. The second kappa shape index (κ2) is 8.52. The van der Waals surface area contributed by atoms with Gasteiger partial charge in [0.25, 0.3) is 0 Å². The van der Waals surface area contributed by atoms with Crippen molar-refractivity contribution < 1.29 is 4.79 Å². The lowest BCUT2D eigenvalue weighted by Gasteiger charge is -2.41. The summed E-state index contributed by atoms with van der Waals surface area (Å²) in [6.07, 6.45) is 4.89. The Morgan fingerprint density at radius 2 is 1.48 bits per heavy atom. The Balaban J connectivity index is 0.00000225. The van der Waals surface area contributed by atoms with Crippen molar-refractivity contribution in [1.29, 1.82) is 0 Å². The Bertz CT molecular complexity index is 547. The van der Waals surface area contributed by atoms with Crippen molar-refractivity contribution in [3.8, 4) is 0 Å². The van der Waals surface area contributed by atoms with Crippen LogP contribution in [-0.2, 0) is 10.3 Å². The highest BCUT2D eigenvalue weighted by Gasteiger charge is 2.37. The van der Waals surface area contributed by atoms with Gasteiger partial charge < -0.3 is 15.5 Å². The van der Waals surface area contributed by atoms with Gasteiger partial charge in [-0.3, -0.25) is 4.79 Å². The van der Waals surface area contributed by atoms with Crippen LogP contribution in [0.25, 0.3) is 0 Å². The monoisotopic (exact) mass is 365 g/mol. The molecule has 1 atom stereocenters. The fraction of sp³-hybridized carbons (Fsp3) is 0.650. The topological polar surface area (TPSA) is 49.6 Å². The second-order valence-corrected chi connectivity index (χ2v) is 7.84. The van der Waals surface area contributed by atoms with Crippen molar-refractivity contribution in [3.05, 3.63) is 35.9 Å². The van der Waals surface area contributed by atoms with E-state index in [0.29, 0.717) is 0 Å². The highest BCUT2D eigenvalue weighted by atomic mass is 35.5. The van der Waals surface area contributed by atoms with Crippen LogP contribution in [0.1, 0.15) is 38.2 Å². The van der Waals surface area contributed by atoms with E-state index in [1.807, 2.05) is 42.2 Å². The first-order valence-electron chi connectivity index (χ1n) is 9.31. The summed E-state index contributed by atoms with van der Waals surface area (Å²) in [6.45, 7) is 6.00. The minimum Gasteiger partial charge on any atom is -0.341 e. The quantitative estimate of drug-likeness (QED) is 0.896. The smallest absolute Gasteiger partial charge is 0.246 e. The number of nitrogens with zero attached hydrogens (tertiary/aromatic N) is 2. The molecular formula is C20H32ClN3O. The molecule has 4 nitrogen and oxygen atoms in total. The molecule has 1 aromatic carbocycles. The summed E-state index contributed by atoms with van der Waals surface area (Å²) in [5.74, 6) is 1.69. The van der Waals surface area contributed by atoms with Crippen molar-refractivity contribution in [1.82, 2.24) is 9.80 Å². The molecule has 0 radical (unpaired) electrons. The fourth-order valence-corrected chi connectivity index (χ4v) is 4.31. The van der Waals surface area contributed by atoms with E-state index < -0.39 is 5.54 Å². The summed E-state index contributed by atoms with van der Waals surface area (Å²) in [5.41, 5.74) is 6.38. The van der Waals surface area contributed by atoms with E-state index in [4.69, 9.17) is 5.73 Å². The molecule has 25 heavy (non-hydrogen) atoms. The van der Waals surface area contributed by atoms with Gasteiger partial charge in [0.2, 0.25) is 5.91 Å². The highest BCUT2D eigenvalue weighted by molar-refractivity contribution is 5.87. The van der Waals surface area contributed by atoms with Crippen molar-refractivity contribution >= 4 is 18.3 Å². The largest absolute Gasteiger partial charge is 0.341 e. The van der Waals surface area contributed by atoms with Crippen LogP contribution in [0.15, 0.2) is 30.3 Å². The first-order valence-corrected chi connectivity index (χ1v) is 9.31. The zero-order valence-corrected chi connectivity index (χ0v) is 16.3. The number of likely N-dealkylation sites (tertiary alicyclic amines) is 2. The van der Waals surface area contributed by atoms with Gasteiger partial charge in [0, 0.05) is 13.1 Å². The first kappa shape index (κ1) is 20.2. The second-order valence-electron chi connectivity index (χ2n) is 7.84. The lowest BCUT2D eigenvalue weighted by Crippen LogP contribution is -2.53. The number of halogens is 1. The molecule has 0 aliphatic carbocycles. The predicted octanol–water partition coefficient (Wildman–Crippen LogP) is 2.86. The molecule has 3 rings (SSSR count). The molecule has 0 unspecified atom stereocenters. The van der Waals surface area contributed by atoms with Gasteiger partial charge in [-0.15, -0.1) is 12.4 Å². The van der Waals surface area contributed by atoms with Crippen LogP contribution in [0.4, 0.5) is 0 Å². The highest BCUT2D eigenvalue weighted by Crippen LogP contribution is 2.33. The molecule has 0 aromatic heterocycles. The van der Waals surface area contributed by atoms with Crippen LogP contribution >= 0.6 is 12.4 Å². The molecule has 1 amide bonds. The van der Waals surface area contributed by atoms with E-state index in [9.17, 15) is 4.79 Å². The van der Waals surface area contributed by atoms with E-state index in [2.05, 4.69) is 11.9 Å². The summed E-state index contributed by atoms with van der Waals surface area (Å²) in [4.78, 5) is 17.4. The maximum Gasteiger partial charge on any atom is 0.246 e. The van der Waals surface area contributed by atoms with Crippen LogP contribution in [-0.4, -0.2) is 48.9 Å². The molecule has 5 heteroatoms. The maximum absolute atomic E-state index is 12.9. The zero-order chi connectivity index (χ0) is 17.2. The van der Waals surface area contributed by atoms with Gasteiger partial charge in [0.1, 0.15) is 5.54 Å². The standard InChI is InChI=1S/C20H31N3O.ClH/c1-20(21,18-6-4-3-5-7-18)19(24)23-14-10-17(11-15-23)16-8-12-22(2)13-9-16;/h3-7,16-17H,8-15,21H2,1-2H3;1H/t20-;/m0./s1. The van der Waals surface area contributed by atoms with Gasteiger partial charge in [-0.2, -0.15) is 0 Å². The van der Waals surface area contributed by atoms with Crippen LogP contribution in [0.3, 0.4) is 0 Å². The number of piperidine rings is 2. The predicted molar refractivity (Wildman–Crippen MR) is 105 cm³/mol. The zero-order valence-electron chi connectivity index (χ0n) is 15.5. The van der Waals surface area contributed by atoms with Crippen molar-refractivity contribution in [2.45, 2.75) is 38.1 Å². The number of hydrogen-bond donors (Lipinski definition) is 1. The molecular weight excluding hydrogens is 334 g/mol. The van der Waals surface area contributed by atoms with E-state index in [1.54, 1.807) is 0 Å². The fourth-order valence-electron chi connectivity index (χ4n) is 4.31. The van der Waals surface area contributed by atoms with Crippen molar-refractivity contribution in [2.24, 2.45) is 17.6 Å². The number of hydrogen-bond acceptors (Lipinski definition) is 3. The summed E-state index contributed by atoms with van der Waals surface area (Å²) < 4.78 is 0. The molecule has 140 valence electrons. The number of amides is 1. The molecule has 1 aromatic rings. The van der Waals surface area contributed by atoms with Gasteiger partial charge in [0.15, 0.2) is 0 Å². The number of carbonyl (C=O) groups excluding carboxylic acids is 1. The molecule has 2 heterocycles. The summed E-state index contributed by atoms with van der Waals surface area (Å²) >= 11 is 0. The summed E-state index contributed by atoms with van der Waals surface area (Å²) in [7, 11) is 2.21. The third-order valence-electron chi connectivity index (χ3n) is 6.07. The van der Waals surface area contributed by atoms with E-state index in [0.717, 1.165) is 43.3 Å². The SMILES string of the molecule is CN1CCC(C2CCN(C(=O)[C@@](C)(N)c3ccccc3)CC2)CC1.Cl. The Morgan fingerprint density at radius 3 is 2.00 bits per heavy atom. The Morgan fingerprint density at radius 1 is 1.00 bits per heavy atom. The number of nitrogens with two attached hydrogens (primary N) is 1. The van der Waals surface area contributed by atoms with Gasteiger partial charge in [-0.05, 0) is 70.1 Å². The van der Waals surface area contributed by atoms with Gasteiger partial charge in [-0.25, -0.2) is 0 Å². The summed E-state index contributed by atoms with van der Waals surface area (Å²) in [5, 5.41) is 0. The van der Waals surface area contributed by atoms with Crippen molar-refractivity contribution in [3.63, 3.8) is 0 Å². The third kappa shape index (κ3) is 4.55. The average Bonchev–Trinajstić information content (AvgIpc) is 2.62. The molecule has 2 fully saturated rings. The van der Waals surface area contributed by atoms with Crippen molar-refractivity contribution in [2.75, 3.05) is 33.2 Å². The lowest BCUT2D eigenvalue weighted by atomic mass is 9.78. The molecule has 0 spiro atoms. The van der Waals surface area contributed by atoms with Crippen LogP contribution in [0, 0.1) is 11.8 Å². The molecule has 2 aliphatic rings. The van der Waals surface area contributed by atoms with Gasteiger partial charge in [0.05, 0.1) is 0 Å². The minimum atomic E-state index is -0.929. The number of carbonyl (C=O) groups is 1. The lowest BCUT2D eigenvalue weighted by molar-refractivity contribution is -0.138. The molecule has 2 saturated heterocycles. The van der Waals surface area contributed by atoms with Crippen LogP contribution in [0.5, 0.6) is 0 Å². The molecule has 0 bridgehead atoms. The minimum absolute atomic E-state index is 0. The third-order valence-corrected chi connectivity index (χ3v) is 6.07. The van der Waals surface area contributed by atoms with Gasteiger partial charge in [-0.1, -0.05) is 30.3 Å².